The Balaban J connectivity index is 1.60. The summed E-state index contributed by atoms with van der Waals surface area (Å²) in [7, 11) is 3.42. The van der Waals surface area contributed by atoms with Crippen LogP contribution >= 0.6 is 39.3 Å². The van der Waals surface area contributed by atoms with E-state index in [1.54, 1.807) is 42.0 Å². The molecule has 3 rings (SSSR count). The van der Waals surface area contributed by atoms with Crippen LogP contribution < -0.4 is 9.47 Å². The van der Waals surface area contributed by atoms with E-state index in [4.69, 9.17) is 21.1 Å². The zero-order chi connectivity index (χ0) is 20.1. The number of rotatable bonds is 8. The Hall–Kier alpha value is -2.03. The number of thioether (sulfide) groups is 1. The number of halogens is 2. The Labute approximate surface area is 180 Å². The van der Waals surface area contributed by atoms with Crippen LogP contribution in [0.5, 0.6) is 11.5 Å². The maximum absolute atomic E-state index is 12.5. The molecule has 0 radical (unpaired) electrons. The Morgan fingerprint density at radius 1 is 1.21 bits per heavy atom. The van der Waals surface area contributed by atoms with Gasteiger partial charge in [0.15, 0.2) is 16.8 Å². The Morgan fingerprint density at radius 3 is 2.71 bits per heavy atom. The molecule has 0 aliphatic heterocycles. The van der Waals surface area contributed by atoms with Crippen LogP contribution in [-0.4, -0.2) is 33.4 Å². The highest BCUT2D eigenvalue weighted by molar-refractivity contribution is 9.10. The van der Waals surface area contributed by atoms with E-state index in [1.807, 2.05) is 19.2 Å². The molecule has 146 valence electrons. The fourth-order valence-electron chi connectivity index (χ4n) is 2.35. The Kier molecular flexibility index (Phi) is 6.98. The largest absolute Gasteiger partial charge is 0.496 e. The summed E-state index contributed by atoms with van der Waals surface area (Å²) in [6.07, 6.45) is 0. The zero-order valence-electron chi connectivity index (χ0n) is 15.2. The third kappa shape index (κ3) is 4.87. The molecule has 0 unspecified atom stereocenters. The quantitative estimate of drug-likeness (QED) is 0.340. The van der Waals surface area contributed by atoms with Gasteiger partial charge in [-0.2, -0.15) is 0 Å². The minimum atomic E-state index is -0.00906. The summed E-state index contributed by atoms with van der Waals surface area (Å²) in [6, 6.07) is 12.5. The van der Waals surface area contributed by atoms with Crippen LogP contribution in [0.3, 0.4) is 0 Å². The topological polar surface area (TPSA) is 66.2 Å². The molecule has 0 N–H and O–H groups in total. The maximum atomic E-state index is 12.5. The van der Waals surface area contributed by atoms with Crippen molar-refractivity contribution in [3.8, 4) is 11.5 Å². The SMILES string of the molecule is COc1ccc(C(=O)CSc2nnc(COc3ccccc3Cl)n2C)cc1Br. The summed E-state index contributed by atoms with van der Waals surface area (Å²) in [5.74, 6) is 2.14. The van der Waals surface area contributed by atoms with Gasteiger partial charge in [-0.1, -0.05) is 35.5 Å². The molecule has 28 heavy (non-hydrogen) atoms. The second-order valence-corrected chi connectivity index (χ2v) is 7.94. The molecule has 0 bridgehead atoms. The standard InChI is InChI=1S/C19H17BrClN3O3S/c1-24-18(10-27-17-6-4-3-5-14(17)21)22-23-19(24)28-11-15(25)12-7-8-16(26-2)13(20)9-12/h3-9H,10-11H2,1-2H3. The van der Waals surface area contributed by atoms with Crippen LogP contribution in [0.25, 0.3) is 0 Å². The summed E-state index contributed by atoms with van der Waals surface area (Å²) < 4.78 is 13.4. The predicted molar refractivity (Wildman–Crippen MR) is 113 cm³/mol. The molecule has 0 aliphatic carbocycles. The van der Waals surface area contributed by atoms with Gasteiger partial charge in [0.25, 0.3) is 0 Å². The van der Waals surface area contributed by atoms with Crippen LogP contribution in [0.4, 0.5) is 0 Å². The first-order chi connectivity index (χ1) is 13.5. The van der Waals surface area contributed by atoms with Gasteiger partial charge in [0.05, 0.1) is 22.4 Å². The van der Waals surface area contributed by atoms with Gasteiger partial charge in [-0.3, -0.25) is 4.79 Å². The number of para-hydroxylation sites is 1. The third-order valence-corrected chi connectivity index (χ3v) is 5.88. The van der Waals surface area contributed by atoms with E-state index in [-0.39, 0.29) is 18.1 Å². The van der Waals surface area contributed by atoms with Crippen LogP contribution in [0, 0.1) is 0 Å². The Morgan fingerprint density at radius 2 is 2.00 bits per heavy atom. The lowest BCUT2D eigenvalue weighted by Crippen LogP contribution is -2.06. The van der Waals surface area contributed by atoms with Crippen LogP contribution in [0.15, 0.2) is 52.1 Å². The molecule has 0 amide bonds. The summed E-state index contributed by atoms with van der Waals surface area (Å²) in [4.78, 5) is 12.5. The van der Waals surface area contributed by atoms with E-state index in [0.29, 0.717) is 33.1 Å². The van der Waals surface area contributed by atoms with Crippen LogP contribution in [0.2, 0.25) is 5.02 Å². The average Bonchev–Trinajstić information content (AvgIpc) is 3.05. The fraction of sp³-hybridized carbons (Fsp3) is 0.211. The average molecular weight is 483 g/mol. The fourth-order valence-corrected chi connectivity index (χ4v) is 3.91. The van der Waals surface area contributed by atoms with Crippen molar-refractivity contribution < 1.29 is 14.3 Å². The molecule has 9 heteroatoms. The third-order valence-electron chi connectivity index (χ3n) is 3.92. The second-order valence-electron chi connectivity index (χ2n) is 5.74. The van der Waals surface area contributed by atoms with Crippen LogP contribution in [-0.2, 0) is 13.7 Å². The van der Waals surface area contributed by atoms with Crippen molar-refractivity contribution in [2.75, 3.05) is 12.9 Å². The van der Waals surface area contributed by atoms with E-state index in [1.165, 1.54) is 11.8 Å². The van der Waals surface area contributed by atoms with Crippen molar-refractivity contribution in [2.24, 2.45) is 7.05 Å². The number of benzene rings is 2. The van der Waals surface area contributed by atoms with Crippen molar-refractivity contribution in [2.45, 2.75) is 11.8 Å². The van der Waals surface area contributed by atoms with Crippen molar-refractivity contribution in [3.63, 3.8) is 0 Å². The molecule has 0 atom stereocenters. The minimum absolute atomic E-state index is 0.00906. The molecule has 0 saturated carbocycles. The Bertz CT molecular complexity index is 996. The minimum Gasteiger partial charge on any atom is -0.496 e. The smallest absolute Gasteiger partial charge is 0.191 e. The van der Waals surface area contributed by atoms with E-state index < -0.39 is 0 Å². The van der Waals surface area contributed by atoms with Gasteiger partial charge in [0.1, 0.15) is 18.1 Å². The highest BCUT2D eigenvalue weighted by atomic mass is 79.9. The van der Waals surface area contributed by atoms with Gasteiger partial charge in [0, 0.05) is 12.6 Å². The predicted octanol–water partition coefficient (Wildman–Crippen LogP) is 4.79. The maximum Gasteiger partial charge on any atom is 0.191 e. The van der Waals surface area contributed by atoms with E-state index >= 15 is 0 Å². The molecule has 2 aromatic carbocycles. The molecule has 0 spiro atoms. The monoisotopic (exact) mass is 481 g/mol. The van der Waals surface area contributed by atoms with Gasteiger partial charge >= 0.3 is 0 Å². The normalized spacial score (nSPS) is 10.7. The summed E-state index contributed by atoms with van der Waals surface area (Å²) in [6.45, 7) is 0.229. The summed E-state index contributed by atoms with van der Waals surface area (Å²) in [5.41, 5.74) is 0.601. The van der Waals surface area contributed by atoms with Gasteiger partial charge in [-0.15, -0.1) is 10.2 Å². The lowest BCUT2D eigenvalue weighted by molar-refractivity contribution is 0.102. The number of ketones is 1. The second kappa shape index (κ2) is 9.45. The first-order valence-electron chi connectivity index (χ1n) is 8.24. The first kappa shape index (κ1) is 20.7. The van der Waals surface area contributed by atoms with Crippen molar-refractivity contribution in [1.82, 2.24) is 14.8 Å². The summed E-state index contributed by atoms with van der Waals surface area (Å²) >= 11 is 10.8. The number of Topliss-reactive ketones (excluding diaryl/α,β-unsaturated/α-hetero) is 1. The number of nitrogens with zero attached hydrogens (tertiary/aromatic N) is 3. The lowest BCUT2D eigenvalue weighted by Gasteiger charge is -2.08. The molecule has 0 saturated heterocycles. The molecule has 1 heterocycles. The summed E-state index contributed by atoms with van der Waals surface area (Å²) in [5, 5.41) is 9.45. The van der Waals surface area contributed by atoms with Crippen molar-refractivity contribution in [3.05, 3.63) is 63.3 Å². The number of hydrogen-bond acceptors (Lipinski definition) is 6. The molecule has 3 aromatic rings. The zero-order valence-corrected chi connectivity index (χ0v) is 18.3. The highest BCUT2D eigenvalue weighted by Gasteiger charge is 2.14. The molecule has 0 fully saturated rings. The molecular formula is C19H17BrClN3O3S. The van der Waals surface area contributed by atoms with Gasteiger partial charge < -0.3 is 14.0 Å². The lowest BCUT2D eigenvalue weighted by atomic mass is 10.1. The number of ether oxygens (including phenoxy) is 2. The van der Waals surface area contributed by atoms with Crippen LogP contribution in [0.1, 0.15) is 16.2 Å². The number of methoxy groups -OCH3 is 1. The van der Waals surface area contributed by atoms with E-state index in [9.17, 15) is 4.79 Å². The van der Waals surface area contributed by atoms with Gasteiger partial charge in [-0.05, 0) is 46.3 Å². The first-order valence-corrected chi connectivity index (χ1v) is 10.4. The van der Waals surface area contributed by atoms with E-state index in [0.717, 1.165) is 4.47 Å². The molecule has 0 aliphatic rings. The number of carbonyl (C=O) groups is 1. The molecular weight excluding hydrogens is 466 g/mol. The number of carbonyl (C=O) groups excluding carboxylic acids is 1. The van der Waals surface area contributed by atoms with Crippen molar-refractivity contribution in [1.29, 1.82) is 0 Å². The van der Waals surface area contributed by atoms with Gasteiger partial charge in [-0.25, -0.2) is 0 Å². The van der Waals surface area contributed by atoms with E-state index in [2.05, 4.69) is 26.1 Å². The molecule has 6 nitrogen and oxygen atoms in total. The number of aromatic nitrogens is 3. The van der Waals surface area contributed by atoms with Crippen molar-refractivity contribution >= 4 is 45.1 Å². The molecule has 1 aromatic heterocycles. The number of hydrogen-bond donors (Lipinski definition) is 0. The van der Waals surface area contributed by atoms with Gasteiger partial charge in [0.2, 0.25) is 0 Å². The highest BCUT2D eigenvalue weighted by Crippen LogP contribution is 2.27.